The van der Waals surface area contributed by atoms with Crippen LogP contribution in [0.3, 0.4) is 0 Å². The molecule has 2 rings (SSSR count). The van der Waals surface area contributed by atoms with E-state index in [4.69, 9.17) is 11.6 Å². The number of anilines is 2. The van der Waals surface area contributed by atoms with Crippen molar-refractivity contribution in [2.75, 3.05) is 16.8 Å². The molecule has 1 amide bonds. The van der Waals surface area contributed by atoms with E-state index in [9.17, 15) is 9.18 Å². The third-order valence-corrected chi connectivity index (χ3v) is 3.93. The van der Waals surface area contributed by atoms with Crippen LogP contribution in [-0.4, -0.2) is 17.4 Å². The van der Waals surface area contributed by atoms with Crippen molar-refractivity contribution in [3.05, 3.63) is 40.1 Å². The molecule has 0 spiro atoms. The van der Waals surface area contributed by atoms with E-state index in [1.165, 1.54) is 30.4 Å². The molecule has 2 aromatic rings. The maximum Gasteiger partial charge on any atom is 0.225 e. The van der Waals surface area contributed by atoms with E-state index in [0.717, 1.165) is 5.69 Å². The van der Waals surface area contributed by atoms with E-state index in [1.54, 1.807) is 11.0 Å². The summed E-state index contributed by atoms with van der Waals surface area (Å²) in [5.74, 6) is -0.430. The summed E-state index contributed by atoms with van der Waals surface area (Å²) in [6, 6.07) is 4.26. The van der Waals surface area contributed by atoms with Gasteiger partial charge in [-0.05, 0) is 25.1 Å². The first-order valence-electron chi connectivity index (χ1n) is 6.42. The summed E-state index contributed by atoms with van der Waals surface area (Å²) in [6.45, 7) is 4.42. The number of rotatable bonds is 5. The fourth-order valence-electron chi connectivity index (χ4n) is 1.84. The molecule has 0 saturated carbocycles. The van der Waals surface area contributed by atoms with Crippen molar-refractivity contribution in [3.8, 4) is 0 Å². The van der Waals surface area contributed by atoms with Gasteiger partial charge in [-0.15, -0.1) is 11.3 Å². The third-order valence-electron chi connectivity index (χ3n) is 2.80. The number of thiazole rings is 1. The SMILES string of the molecule is CCN(C(C)=O)c1nc(CNc2cc(F)cc(Cl)c2)cs1. The molecule has 0 aliphatic rings. The summed E-state index contributed by atoms with van der Waals surface area (Å²) in [5.41, 5.74) is 1.38. The Balaban J connectivity index is 2.04. The minimum Gasteiger partial charge on any atom is -0.379 e. The molecule has 21 heavy (non-hydrogen) atoms. The zero-order valence-electron chi connectivity index (χ0n) is 11.7. The number of benzene rings is 1. The van der Waals surface area contributed by atoms with Gasteiger partial charge < -0.3 is 5.32 Å². The molecule has 1 aromatic carbocycles. The Bertz CT molecular complexity index is 627. The maximum atomic E-state index is 13.2. The number of amides is 1. The lowest BCUT2D eigenvalue weighted by Gasteiger charge is -2.14. The number of hydrogen-bond acceptors (Lipinski definition) is 4. The van der Waals surface area contributed by atoms with Gasteiger partial charge in [-0.25, -0.2) is 9.37 Å². The Labute approximate surface area is 131 Å². The highest BCUT2D eigenvalue weighted by atomic mass is 35.5. The first kappa shape index (κ1) is 15.7. The second-order valence-electron chi connectivity index (χ2n) is 4.40. The maximum absolute atomic E-state index is 13.2. The predicted molar refractivity (Wildman–Crippen MR) is 84.6 cm³/mol. The molecule has 0 radical (unpaired) electrons. The highest BCUT2D eigenvalue weighted by molar-refractivity contribution is 7.14. The van der Waals surface area contributed by atoms with Gasteiger partial charge in [-0.1, -0.05) is 11.6 Å². The van der Waals surface area contributed by atoms with E-state index in [1.807, 2.05) is 12.3 Å². The van der Waals surface area contributed by atoms with Gasteiger partial charge in [0.1, 0.15) is 5.82 Å². The lowest BCUT2D eigenvalue weighted by Crippen LogP contribution is -2.27. The fourth-order valence-corrected chi connectivity index (χ4v) is 3.00. The van der Waals surface area contributed by atoms with Crippen LogP contribution in [-0.2, 0) is 11.3 Å². The van der Waals surface area contributed by atoms with Gasteiger partial charge in [-0.2, -0.15) is 0 Å². The molecule has 7 heteroatoms. The monoisotopic (exact) mass is 327 g/mol. The predicted octanol–water partition coefficient (Wildman–Crippen LogP) is 3.92. The van der Waals surface area contributed by atoms with Crippen molar-refractivity contribution in [2.24, 2.45) is 0 Å². The molecular formula is C14H15ClFN3OS. The summed E-state index contributed by atoms with van der Waals surface area (Å²) in [7, 11) is 0. The van der Waals surface area contributed by atoms with Crippen molar-refractivity contribution in [3.63, 3.8) is 0 Å². The van der Waals surface area contributed by atoms with Crippen LogP contribution in [0.4, 0.5) is 15.2 Å². The Morgan fingerprint density at radius 2 is 2.24 bits per heavy atom. The smallest absolute Gasteiger partial charge is 0.225 e. The molecule has 1 N–H and O–H groups in total. The highest BCUT2D eigenvalue weighted by Gasteiger charge is 2.13. The van der Waals surface area contributed by atoms with Crippen molar-refractivity contribution < 1.29 is 9.18 Å². The van der Waals surface area contributed by atoms with Crippen molar-refractivity contribution in [1.82, 2.24) is 4.98 Å². The molecule has 0 bridgehead atoms. The summed E-state index contributed by atoms with van der Waals surface area (Å²) in [6.07, 6.45) is 0. The van der Waals surface area contributed by atoms with Gasteiger partial charge in [-0.3, -0.25) is 9.69 Å². The first-order chi connectivity index (χ1) is 9.99. The Hall–Kier alpha value is -1.66. The number of nitrogens with one attached hydrogen (secondary N) is 1. The first-order valence-corrected chi connectivity index (χ1v) is 7.68. The summed E-state index contributed by atoms with van der Waals surface area (Å²) < 4.78 is 13.2. The lowest BCUT2D eigenvalue weighted by atomic mass is 10.3. The Morgan fingerprint density at radius 1 is 1.48 bits per heavy atom. The molecule has 0 saturated heterocycles. The zero-order valence-corrected chi connectivity index (χ0v) is 13.3. The van der Waals surface area contributed by atoms with Crippen LogP contribution in [0.25, 0.3) is 0 Å². The summed E-state index contributed by atoms with van der Waals surface area (Å²) >= 11 is 7.20. The van der Waals surface area contributed by atoms with E-state index < -0.39 is 5.82 Å². The van der Waals surface area contributed by atoms with Crippen LogP contribution >= 0.6 is 22.9 Å². The second-order valence-corrected chi connectivity index (χ2v) is 5.67. The molecule has 112 valence electrons. The molecule has 1 heterocycles. The summed E-state index contributed by atoms with van der Waals surface area (Å²) in [5, 5.41) is 5.93. The van der Waals surface area contributed by atoms with Crippen molar-refractivity contribution in [1.29, 1.82) is 0 Å². The van der Waals surface area contributed by atoms with E-state index in [0.29, 0.717) is 28.9 Å². The van der Waals surface area contributed by atoms with Gasteiger partial charge in [0.25, 0.3) is 0 Å². The summed E-state index contributed by atoms with van der Waals surface area (Å²) in [4.78, 5) is 17.5. The van der Waals surface area contributed by atoms with E-state index in [-0.39, 0.29) is 5.91 Å². The van der Waals surface area contributed by atoms with Gasteiger partial charge in [0.05, 0.1) is 12.2 Å². The van der Waals surface area contributed by atoms with Crippen LogP contribution in [0, 0.1) is 5.82 Å². The lowest BCUT2D eigenvalue weighted by molar-refractivity contribution is -0.116. The number of nitrogens with zero attached hydrogens (tertiary/aromatic N) is 2. The minimum absolute atomic E-state index is 0.0386. The molecule has 0 aliphatic carbocycles. The van der Waals surface area contributed by atoms with Crippen LogP contribution in [0.5, 0.6) is 0 Å². The van der Waals surface area contributed by atoms with Crippen molar-refractivity contribution >= 4 is 39.7 Å². The average Bonchev–Trinajstić information content (AvgIpc) is 2.84. The minimum atomic E-state index is -0.391. The van der Waals surface area contributed by atoms with Gasteiger partial charge >= 0.3 is 0 Å². The zero-order chi connectivity index (χ0) is 15.4. The number of carbonyl (C=O) groups is 1. The van der Waals surface area contributed by atoms with Crippen molar-refractivity contribution in [2.45, 2.75) is 20.4 Å². The van der Waals surface area contributed by atoms with Gasteiger partial charge in [0.2, 0.25) is 5.91 Å². The molecule has 0 aliphatic heterocycles. The normalized spacial score (nSPS) is 10.5. The molecule has 4 nitrogen and oxygen atoms in total. The van der Waals surface area contributed by atoms with Crippen LogP contribution in [0.1, 0.15) is 19.5 Å². The van der Waals surface area contributed by atoms with Gasteiger partial charge in [0.15, 0.2) is 5.13 Å². The Kier molecular flexibility index (Phi) is 5.14. The van der Waals surface area contributed by atoms with Crippen LogP contribution < -0.4 is 10.2 Å². The number of aromatic nitrogens is 1. The largest absolute Gasteiger partial charge is 0.379 e. The average molecular weight is 328 g/mol. The standard InChI is InChI=1S/C14H15ClFN3OS/c1-3-19(9(2)20)14-18-13(8-21-14)7-17-12-5-10(15)4-11(16)6-12/h4-6,8,17H,3,7H2,1-2H3. The van der Waals surface area contributed by atoms with E-state index in [2.05, 4.69) is 10.3 Å². The molecule has 0 unspecified atom stereocenters. The number of halogens is 2. The van der Waals surface area contributed by atoms with Crippen LogP contribution in [0.2, 0.25) is 5.02 Å². The fraction of sp³-hybridized carbons (Fsp3) is 0.286. The topological polar surface area (TPSA) is 45.2 Å². The molecule has 0 atom stereocenters. The quantitative estimate of drug-likeness (QED) is 0.905. The second kappa shape index (κ2) is 6.87. The van der Waals surface area contributed by atoms with Crippen LogP contribution in [0.15, 0.2) is 23.6 Å². The molecule has 1 aromatic heterocycles. The molecular weight excluding hydrogens is 313 g/mol. The third kappa shape index (κ3) is 4.15. The number of hydrogen-bond donors (Lipinski definition) is 1. The molecule has 0 fully saturated rings. The van der Waals surface area contributed by atoms with Gasteiger partial charge in [0, 0.05) is 29.6 Å². The number of carbonyl (C=O) groups excluding carboxylic acids is 1. The Morgan fingerprint density at radius 3 is 2.86 bits per heavy atom. The highest BCUT2D eigenvalue weighted by Crippen LogP contribution is 2.22. The van der Waals surface area contributed by atoms with E-state index >= 15 is 0 Å².